The van der Waals surface area contributed by atoms with Crippen LogP contribution in [0.2, 0.25) is 0 Å². The van der Waals surface area contributed by atoms with Crippen molar-refractivity contribution in [1.29, 1.82) is 0 Å². The van der Waals surface area contributed by atoms with Crippen molar-refractivity contribution >= 4 is 16.7 Å². The molecule has 2 rings (SSSR count). The van der Waals surface area contributed by atoms with Crippen molar-refractivity contribution in [1.82, 2.24) is 0 Å². The molecule has 6 heteroatoms. The van der Waals surface area contributed by atoms with E-state index < -0.39 is 4.92 Å². The lowest BCUT2D eigenvalue weighted by Crippen LogP contribution is -2.25. The maximum atomic E-state index is 11.0. The molecule has 0 amide bonds. The number of aromatic nitrogens is 1. The highest BCUT2D eigenvalue weighted by Crippen LogP contribution is 2.22. The maximum absolute atomic E-state index is 11.0. The standard InChI is InChI=1S/C8H6N2O4/c1-5-7-4-6(9(11)12)2-3-8(7)14-10(5)13/h2-4H,1H3. The summed E-state index contributed by atoms with van der Waals surface area (Å²) in [7, 11) is 0. The molecule has 0 radical (unpaired) electrons. The van der Waals surface area contributed by atoms with Gasteiger partial charge in [-0.3, -0.25) is 15.3 Å². The van der Waals surface area contributed by atoms with Crippen LogP contribution in [0.15, 0.2) is 22.7 Å². The summed E-state index contributed by atoms with van der Waals surface area (Å²) in [5, 5.41) is 21.9. The van der Waals surface area contributed by atoms with Crippen LogP contribution in [0.1, 0.15) is 5.69 Å². The molecule has 0 saturated carbocycles. The lowest BCUT2D eigenvalue weighted by atomic mass is 10.2. The monoisotopic (exact) mass is 194 g/mol. The third kappa shape index (κ3) is 1.08. The number of rotatable bonds is 1. The summed E-state index contributed by atoms with van der Waals surface area (Å²) in [6.45, 7) is 1.54. The van der Waals surface area contributed by atoms with Gasteiger partial charge in [0.15, 0.2) is 0 Å². The molecule has 0 unspecified atom stereocenters. The first-order valence-electron chi connectivity index (χ1n) is 3.87. The second-order valence-corrected chi connectivity index (χ2v) is 2.87. The minimum Gasteiger partial charge on any atom is -0.366 e. The molecular formula is C8H6N2O4. The highest BCUT2D eigenvalue weighted by atomic mass is 16.7. The third-order valence-electron chi connectivity index (χ3n) is 2.02. The Morgan fingerprint density at radius 1 is 1.50 bits per heavy atom. The van der Waals surface area contributed by atoms with Crippen molar-refractivity contribution < 1.29 is 14.3 Å². The van der Waals surface area contributed by atoms with E-state index in [9.17, 15) is 15.3 Å². The molecule has 0 N–H and O–H groups in total. The van der Waals surface area contributed by atoms with Crippen LogP contribution >= 0.6 is 0 Å². The second kappa shape index (κ2) is 2.69. The summed E-state index contributed by atoms with van der Waals surface area (Å²) in [5.74, 6) is 0. The first-order chi connectivity index (χ1) is 6.59. The van der Waals surface area contributed by atoms with Crippen LogP contribution in [-0.4, -0.2) is 4.92 Å². The van der Waals surface area contributed by atoms with Gasteiger partial charge in [-0.1, -0.05) is 0 Å². The number of nitrogens with zero attached hydrogens (tertiary/aromatic N) is 2. The Morgan fingerprint density at radius 3 is 2.86 bits per heavy atom. The van der Waals surface area contributed by atoms with Crippen molar-refractivity contribution in [3.63, 3.8) is 0 Å². The summed E-state index contributed by atoms with van der Waals surface area (Å²) in [4.78, 5) is 10.3. The van der Waals surface area contributed by atoms with E-state index >= 15 is 0 Å². The lowest BCUT2D eigenvalue weighted by Gasteiger charge is -1.89. The Balaban J connectivity index is 2.76. The number of nitro benzene ring substituents is 1. The number of nitro groups is 1. The number of aryl methyl sites for hydroxylation is 1. The first kappa shape index (κ1) is 8.49. The largest absolute Gasteiger partial charge is 0.366 e. The SMILES string of the molecule is Cc1c2cc([N+](=O)[O-])ccc2o[n+]1[O-]. The molecule has 0 aliphatic carbocycles. The van der Waals surface area contributed by atoms with Crippen molar-refractivity contribution in [2.24, 2.45) is 0 Å². The highest BCUT2D eigenvalue weighted by molar-refractivity contribution is 5.80. The van der Waals surface area contributed by atoms with Crippen LogP contribution in [-0.2, 0) is 0 Å². The number of fused-ring (bicyclic) bond motifs is 1. The molecule has 2 aromatic rings. The molecule has 0 saturated heterocycles. The van der Waals surface area contributed by atoms with Gasteiger partial charge in [-0.25, -0.2) is 0 Å². The summed E-state index contributed by atoms with van der Waals surface area (Å²) in [6, 6.07) is 4.03. The molecule has 72 valence electrons. The molecule has 0 spiro atoms. The molecule has 0 aliphatic heterocycles. The van der Waals surface area contributed by atoms with E-state index in [0.29, 0.717) is 21.6 Å². The molecule has 0 aliphatic rings. The third-order valence-corrected chi connectivity index (χ3v) is 2.02. The average molecular weight is 194 g/mol. The van der Waals surface area contributed by atoms with Gasteiger partial charge in [-0.2, -0.15) is 0 Å². The summed E-state index contributed by atoms with van der Waals surface area (Å²) < 4.78 is 4.77. The number of benzene rings is 1. The van der Waals surface area contributed by atoms with Crippen LogP contribution in [0.4, 0.5) is 5.69 Å². The maximum Gasteiger partial charge on any atom is 0.270 e. The Morgan fingerprint density at radius 2 is 2.21 bits per heavy atom. The van der Waals surface area contributed by atoms with Gasteiger partial charge in [0.05, 0.1) is 15.9 Å². The smallest absolute Gasteiger partial charge is 0.270 e. The van der Waals surface area contributed by atoms with E-state index in [1.54, 1.807) is 6.92 Å². The van der Waals surface area contributed by atoms with Gasteiger partial charge in [0, 0.05) is 24.0 Å². The minimum absolute atomic E-state index is 0.0537. The molecule has 0 fully saturated rings. The van der Waals surface area contributed by atoms with Gasteiger partial charge >= 0.3 is 0 Å². The summed E-state index contributed by atoms with van der Waals surface area (Å²) >= 11 is 0. The highest BCUT2D eigenvalue weighted by Gasteiger charge is 2.14. The Labute approximate surface area is 78.1 Å². The van der Waals surface area contributed by atoms with Crippen molar-refractivity contribution in [2.75, 3.05) is 0 Å². The fourth-order valence-electron chi connectivity index (χ4n) is 1.25. The predicted molar refractivity (Wildman–Crippen MR) is 46.6 cm³/mol. The van der Waals surface area contributed by atoms with E-state index in [-0.39, 0.29) is 5.69 Å². The molecule has 0 atom stereocenters. The van der Waals surface area contributed by atoms with Gasteiger partial charge in [0.2, 0.25) is 0 Å². The summed E-state index contributed by atoms with van der Waals surface area (Å²) in [5.41, 5.74) is 0.619. The first-order valence-corrected chi connectivity index (χ1v) is 3.87. The Hall–Kier alpha value is -2.11. The topological polar surface area (TPSA) is 83.2 Å². The molecule has 1 heterocycles. The molecule has 1 aromatic heterocycles. The van der Waals surface area contributed by atoms with Gasteiger partial charge in [-0.05, 0) is 6.07 Å². The number of hydrogen-bond donors (Lipinski definition) is 0. The molecule has 1 aromatic carbocycles. The number of hydrogen-bond acceptors (Lipinski definition) is 4. The van der Waals surface area contributed by atoms with Gasteiger partial charge < -0.3 is 4.52 Å². The molecule has 0 bridgehead atoms. The van der Waals surface area contributed by atoms with Gasteiger partial charge in [0.25, 0.3) is 11.4 Å². The predicted octanol–water partition coefficient (Wildman–Crippen LogP) is 1.28. The molecule has 6 nitrogen and oxygen atoms in total. The zero-order chi connectivity index (χ0) is 10.3. The van der Waals surface area contributed by atoms with Gasteiger partial charge in [-0.15, -0.1) is 0 Å². The van der Waals surface area contributed by atoms with E-state index in [0.717, 1.165) is 0 Å². The minimum atomic E-state index is -0.513. The van der Waals surface area contributed by atoms with Crippen molar-refractivity contribution in [2.45, 2.75) is 6.92 Å². The van der Waals surface area contributed by atoms with Crippen LogP contribution in [0, 0.1) is 22.2 Å². The van der Waals surface area contributed by atoms with Crippen LogP contribution < -0.4 is 4.90 Å². The van der Waals surface area contributed by atoms with Crippen LogP contribution in [0.25, 0.3) is 11.0 Å². The van der Waals surface area contributed by atoms with E-state index in [1.165, 1.54) is 18.2 Å². The van der Waals surface area contributed by atoms with Gasteiger partial charge in [0.1, 0.15) is 0 Å². The second-order valence-electron chi connectivity index (χ2n) is 2.87. The Kier molecular flexibility index (Phi) is 1.63. The molecule has 14 heavy (non-hydrogen) atoms. The zero-order valence-electron chi connectivity index (χ0n) is 7.26. The quantitative estimate of drug-likeness (QED) is 0.389. The fraction of sp³-hybridized carbons (Fsp3) is 0.125. The summed E-state index contributed by atoms with van der Waals surface area (Å²) in [6.07, 6.45) is 0. The van der Waals surface area contributed by atoms with E-state index in [1.807, 2.05) is 0 Å². The van der Waals surface area contributed by atoms with E-state index in [2.05, 4.69) is 0 Å². The number of non-ortho nitro benzene ring substituents is 1. The molecular weight excluding hydrogens is 188 g/mol. The van der Waals surface area contributed by atoms with Crippen LogP contribution in [0.5, 0.6) is 0 Å². The van der Waals surface area contributed by atoms with Crippen LogP contribution in [0.3, 0.4) is 0 Å². The normalized spacial score (nSPS) is 10.6. The lowest BCUT2D eigenvalue weighted by molar-refractivity contribution is -0.792. The van der Waals surface area contributed by atoms with E-state index in [4.69, 9.17) is 4.52 Å². The van der Waals surface area contributed by atoms with Crippen molar-refractivity contribution in [3.8, 4) is 0 Å². The average Bonchev–Trinajstić information content (AvgIpc) is 2.43. The Bertz CT molecular complexity index is 517. The fourth-order valence-corrected chi connectivity index (χ4v) is 1.25. The van der Waals surface area contributed by atoms with Crippen molar-refractivity contribution in [3.05, 3.63) is 39.2 Å². The zero-order valence-corrected chi connectivity index (χ0v) is 7.26.